The Labute approximate surface area is 191 Å². The fourth-order valence-electron chi connectivity index (χ4n) is 3.10. The molecular formula is C23H23N3O6S. The number of ether oxygens (including phenoxy) is 1. The number of carbonyl (C=O) groups excluding carboxylic acids is 1. The molecule has 0 aromatic heterocycles. The Bertz CT molecular complexity index is 1270. The van der Waals surface area contributed by atoms with E-state index in [0.29, 0.717) is 17.0 Å². The van der Waals surface area contributed by atoms with Crippen LogP contribution in [0.5, 0.6) is 5.75 Å². The summed E-state index contributed by atoms with van der Waals surface area (Å²) in [4.78, 5) is 23.2. The van der Waals surface area contributed by atoms with Gasteiger partial charge in [-0.3, -0.25) is 19.2 Å². The minimum atomic E-state index is -4.31. The molecule has 3 aromatic carbocycles. The van der Waals surface area contributed by atoms with Crippen LogP contribution in [-0.4, -0.2) is 32.9 Å². The van der Waals surface area contributed by atoms with Crippen molar-refractivity contribution in [3.63, 3.8) is 0 Å². The van der Waals surface area contributed by atoms with Gasteiger partial charge in [-0.05, 0) is 56.3 Å². The van der Waals surface area contributed by atoms with E-state index in [-0.39, 0.29) is 16.3 Å². The van der Waals surface area contributed by atoms with Crippen LogP contribution in [0.1, 0.15) is 11.1 Å². The van der Waals surface area contributed by atoms with Crippen LogP contribution in [0.2, 0.25) is 0 Å². The van der Waals surface area contributed by atoms with Crippen molar-refractivity contribution < 1.29 is 22.9 Å². The summed E-state index contributed by atoms with van der Waals surface area (Å²) >= 11 is 0. The third-order valence-corrected chi connectivity index (χ3v) is 6.72. The van der Waals surface area contributed by atoms with Crippen molar-refractivity contribution in [2.45, 2.75) is 18.7 Å². The van der Waals surface area contributed by atoms with Gasteiger partial charge in [-0.1, -0.05) is 23.8 Å². The van der Waals surface area contributed by atoms with Crippen LogP contribution in [0.3, 0.4) is 0 Å². The van der Waals surface area contributed by atoms with E-state index < -0.39 is 27.4 Å². The lowest BCUT2D eigenvalue weighted by Crippen LogP contribution is -2.38. The van der Waals surface area contributed by atoms with E-state index in [1.807, 2.05) is 19.1 Å². The van der Waals surface area contributed by atoms with E-state index in [1.54, 1.807) is 24.3 Å². The number of nitrogens with zero attached hydrogens (tertiary/aromatic N) is 2. The maximum absolute atomic E-state index is 13.5. The van der Waals surface area contributed by atoms with Crippen LogP contribution >= 0.6 is 0 Å². The van der Waals surface area contributed by atoms with Crippen LogP contribution < -0.4 is 14.4 Å². The maximum Gasteiger partial charge on any atom is 0.273 e. The summed E-state index contributed by atoms with van der Waals surface area (Å²) in [5.41, 5.74) is 1.74. The molecule has 0 unspecified atom stereocenters. The number of nitro benzene ring substituents is 1. The van der Waals surface area contributed by atoms with Gasteiger partial charge in [0, 0.05) is 17.3 Å². The molecule has 0 radical (unpaired) electrons. The Kier molecular flexibility index (Phi) is 6.98. The summed E-state index contributed by atoms with van der Waals surface area (Å²) in [7, 11) is -2.84. The molecule has 33 heavy (non-hydrogen) atoms. The van der Waals surface area contributed by atoms with Crippen molar-refractivity contribution in [1.29, 1.82) is 0 Å². The molecule has 0 heterocycles. The van der Waals surface area contributed by atoms with E-state index in [1.165, 1.54) is 38.3 Å². The Morgan fingerprint density at radius 3 is 2.24 bits per heavy atom. The van der Waals surface area contributed by atoms with Crippen LogP contribution in [0.25, 0.3) is 0 Å². The summed E-state index contributed by atoms with van der Waals surface area (Å²) in [6, 6.07) is 16.8. The van der Waals surface area contributed by atoms with Crippen molar-refractivity contribution in [2.75, 3.05) is 23.3 Å². The molecule has 172 valence electrons. The molecule has 0 saturated heterocycles. The van der Waals surface area contributed by atoms with Gasteiger partial charge >= 0.3 is 0 Å². The molecule has 0 fully saturated rings. The molecule has 9 nitrogen and oxygen atoms in total. The van der Waals surface area contributed by atoms with Gasteiger partial charge in [0.2, 0.25) is 5.91 Å². The third-order valence-electron chi connectivity index (χ3n) is 4.95. The van der Waals surface area contributed by atoms with Gasteiger partial charge in [0.1, 0.15) is 12.3 Å². The summed E-state index contributed by atoms with van der Waals surface area (Å²) in [6.07, 6.45) is 0. The smallest absolute Gasteiger partial charge is 0.273 e. The van der Waals surface area contributed by atoms with Gasteiger partial charge < -0.3 is 10.1 Å². The third kappa shape index (κ3) is 5.47. The number of sulfonamides is 1. The zero-order valence-electron chi connectivity index (χ0n) is 18.3. The van der Waals surface area contributed by atoms with Crippen LogP contribution in [0.15, 0.2) is 71.6 Å². The fourth-order valence-corrected chi connectivity index (χ4v) is 4.55. The molecule has 0 bridgehead atoms. The van der Waals surface area contributed by atoms with Gasteiger partial charge in [-0.15, -0.1) is 0 Å². The molecule has 3 aromatic rings. The highest BCUT2D eigenvalue weighted by molar-refractivity contribution is 7.92. The number of nitro groups is 1. The van der Waals surface area contributed by atoms with E-state index in [4.69, 9.17) is 4.74 Å². The number of nitrogens with one attached hydrogen (secondary N) is 1. The van der Waals surface area contributed by atoms with Gasteiger partial charge in [0.05, 0.1) is 22.6 Å². The minimum absolute atomic E-state index is 0.207. The summed E-state index contributed by atoms with van der Waals surface area (Å²) < 4.78 is 33.0. The molecule has 0 aliphatic carbocycles. The second kappa shape index (κ2) is 9.70. The molecule has 0 aliphatic rings. The second-order valence-electron chi connectivity index (χ2n) is 7.33. The zero-order valence-corrected chi connectivity index (χ0v) is 19.1. The van der Waals surface area contributed by atoms with Crippen molar-refractivity contribution in [2.24, 2.45) is 0 Å². The summed E-state index contributed by atoms with van der Waals surface area (Å²) in [6.45, 7) is 2.89. The van der Waals surface area contributed by atoms with Gasteiger partial charge in [-0.25, -0.2) is 8.42 Å². The quantitative estimate of drug-likeness (QED) is 0.393. The van der Waals surface area contributed by atoms with Crippen molar-refractivity contribution in [1.82, 2.24) is 0 Å². The average molecular weight is 470 g/mol. The fraction of sp³-hybridized carbons (Fsp3) is 0.174. The lowest BCUT2D eigenvalue weighted by atomic mass is 10.2. The van der Waals surface area contributed by atoms with Gasteiger partial charge in [0.15, 0.2) is 0 Å². The molecule has 10 heteroatoms. The molecule has 0 spiro atoms. The summed E-state index contributed by atoms with van der Waals surface area (Å²) in [5, 5.41) is 14.0. The van der Waals surface area contributed by atoms with Crippen LogP contribution in [0.4, 0.5) is 17.1 Å². The van der Waals surface area contributed by atoms with Gasteiger partial charge in [-0.2, -0.15) is 0 Å². The molecular weight excluding hydrogens is 446 g/mol. The number of anilines is 2. The molecule has 0 aliphatic heterocycles. The summed E-state index contributed by atoms with van der Waals surface area (Å²) in [5.74, 6) is -0.0639. The predicted molar refractivity (Wildman–Crippen MR) is 125 cm³/mol. The van der Waals surface area contributed by atoms with Crippen molar-refractivity contribution in [3.05, 3.63) is 88.0 Å². The van der Waals surface area contributed by atoms with E-state index >= 15 is 0 Å². The lowest BCUT2D eigenvalue weighted by Gasteiger charge is -2.24. The SMILES string of the molecule is COc1ccc(N(CC(=O)Nc2ccc(C)cc2)S(=O)(=O)c2ccc(C)c([N+](=O)[O-])c2)cc1. The van der Waals surface area contributed by atoms with E-state index in [0.717, 1.165) is 15.9 Å². The highest BCUT2D eigenvalue weighted by Crippen LogP contribution is 2.29. The van der Waals surface area contributed by atoms with Crippen LogP contribution in [0, 0.1) is 24.0 Å². The predicted octanol–water partition coefficient (Wildman–Crippen LogP) is 4.05. The number of amides is 1. The highest BCUT2D eigenvalue weighted by atomic mass is 32.2. The minimum Gasteiger partial charge on any atom is -0.497 e. The standard InChI is InChI=1S/C23H23N3O6S/c1-16-4-7-18(8-5-16)24-23(27)15-25(19-9-11-20(32-3)12-10-19)33(30,31)21-13-6-17(2)22(14-21)26(28)29/h4-14H,15H2,1-3H3,(H,24,27). The van der Waals surface area contributed by atoms with Crippen LogP contribution in [-0.2, 0) is 14.8 Å². The number of carbonyl (C=O) groups is 1. The van der Waals surface area contributed by atoms with E-state index in [9.17, 15) is 23.3 Å². The Balaban J connectivity index is 2.00. The first-order chi connectivity index (χ1) is 15.6. The Morgan fingerprint density at radius 2 is 1.67 bits per heavy atom. The molecule has 0 saturated carbocycles. The first kappa shape index (κ1) is 23.7. The number of rotatable bonds is 8. The first-order valence-electron chi connectivity index (χ1n) is 9.90. The normalized spacial score (nSPS) is 11.0. The average Bonchev–Trinajstić information content (AvgIpc) is 2.79. The van der Waals surface area contributed by atoms with Crippen molar-refractivity contribution in [3.8, 4) is 5.75 Å². The maximum atomic E-state index is 13.5. The molecule has 0 atom stereocenters. The molecule has 3 rings (SSSR count). The van der Waals surface area contributed by atoms with E-state index in [2.05, 4.69) is 5.32 Å². The monoisotopic (exact) mass is 469 g/mol. The number of hydrogen-bond acceptors (Lipinski definition) is 6. The zero-order chi connectivity index (χ0) is 24.2. The molecule has 1 N–H and O–H groups in total. The van der Waals surface area contributed by atoms with Gasteiger partial charge in [0.25, 0.3) is 15.7 Å². The second-order valence-corrected chi connectivity index (χ2v) is 9.19. The number of hydrogen-bond donors (Lipinski definition) is 1. The number of methoxy groups -OCH3 is 1. The number of aryl methyl sites for hydroxylation is 2. The topological polar surface area (TPSA) is 119 Å². The lowest BCUT2D eigenvalue weighted by molar-refractivity contribution is -0.385. The Hall–Kier alpha value is -3.92. The van der Waals surface area contributed by atoms with Crippen molar-refractivity contribution >= 4 is 33.0 Å². The Morgan fingerprint density at radius 1 is 1.03 bits per heavy atom. The molecule has 1 amide bonds. The highest BCUT2D eigenvalue weighted by Gasteiger charge is 2.29. The number of benzene rings is 3. The first-order valence-corrected chi connectivity index (χ1v) is 11.3. The largest absolute Gasteiger partial charge is 0.497 e.